The molecule has 0 amide bonds. The monoisotopic (exact) mass is 131 g/mol. The van der Waals surface area contributed by atoms with Crippen molar-refractivity contribution in [1.82, 2.24) is 0 Å². The van der Waals surface area contributed by atoms with Crippen LogP contribution in [0, 0.1) is 5.92 Å². The third kappa shape index (κ3) is 1.48. The Morgan fingerprint density at radius 1 is 1.62 bits per heavy atom. The highest BCUT2D eigenvalue weighted by molar-refractivity contribution is 6.20. The SMILES string of the molecule is C[C@@H]1C=NC(Cl)CC1. The van der Waals surface area contributed by atoms with Crippen LogP contribution in [0.4, 0.5) is 0 Å². The molecule has 1 unspecified atom stereocenters. The zero-order chi connectivity index (χ0) is 5.98. The molecule has 0 aliphatic carbocycles. The van der Waals surface area contributed by atoms with Gasteiger partial charge >= 0.3 is 0 Å². The smallest absolute Gasteiger partial charge is 0.123 e. The third-order valence-corrected chi connectivity index (χ3v) is 1.69. The lowest BCUT2D eigenvalue weighted by Gasteiger charge is -2.13. The second kappa shape index (κ2) is 2.49. The van der Waals surface area contributed by atoms with Gasteiger partial charge in [0.1, 0.15) is 5.50 Å². The highest BCUT2D eigenvalue weighted by Crippen LogP contribution is 2.16. The second-order valence-electron chi connectivity index (χ2n) is 2.29. The Morgan fingerprint density at radius 3 is 2.75 bits per heavy atom. The van der Waals surface area contributed by atoms with E-state index in [1.54, 1.807) is 0 Å². The summed E-state index contributed by atoms with van der Waals surface area (Å²) in [4.78, 5) is 4.05. The summed E-state index contributed by atoms with van der Waals surface area (Å²) < 4.78 is 0. The Bertz CT molecular complexity index is 88.7. The number of hydrogen-bond donors (Lipinski definition) is 0. The van der Waals surface area contributed by atoms with Crippen LogP contribution in [0.5, 0.6) is 0 Å². The van der Waals surface area contributed by atoms with Crippen LogP contribution in [-0.2, 0) is 0 Å². The summed E-state index contributed by atoms with van der Waals surface area (Å²) in [6, 6.07) is 0. The van der Waals surface area contributed by atoms with E-state index in [2.05, 4.69) is 11.9 Å². The molecule has 46 valence electrons. The topological polar surface area (TPSA) is 12.4 Å². The van der Waals surface area contributed by atoms with Crippen LogP contribution in [0.3, 0.4) is 0 Å². The van der Waals surface area contributed by atoms with E-state index in [0.717, 1.165) is 6.42 Å². The van der Waals surface area contributed by atoms with Crippen LogP contribution in [0.1, 0.15) is 19.8 Å². The van der Waals surface area contributed by atoms with Gasteiger partial charge in [0.15, 0.2) is 0 Å². The van der Waals surface area contributed by atoms with E-state index < -0.39 is 0 Å². The van der Waals surface area contributed by atoms with E-state index in [1.807, 2.05) is 6.21 Å². The Labute approximate surface area is 54.8 Å². The summed E-state index contributed by atoms with van der Waals surface area (Å²) in [7, 11) is 0. The first-order valence-electron chi connectivity index (χ1n) is 2.96. The van der Waals surface area contributed by atoms with Crippen LogP contribution < -0.4 is 0 Å². The molecule has 2 heteroatoms. The maximum Gasteiger partial charge on any atom is 0.123 e. The molecule has 0 fully saturated rings. The van der Waals surface area contributed by atoms with Crippen molar-refractivity contribution in [3.63, 3.8) is 0 Å². The molecule has 1 nitrogen and oxygen atoms in total. The average Bonchev–Trinajstić information content (AvgIpc) is 1.77. The molecule has 0 aromatic heterocycles. The minimum absolute atomic E-state index is 0.0613. The van der Waals surface area contributed by atoms with Gasteiger partial charge in [-0.15, -0.1) is 0 Å². The highest BCUT2D eigenvalue weighted by atomic mass is 35.5. The fourth-order valence-corrected chi connectivity index (χ4v) is 0.981. The summed E-state index contributed by atoms with van der Waals surface area (Å²) in [6.07, 6.45) is 4.18. The summed E-state index contributed by atoms with van der Waals surface area (Å²) >= 11 is 5.68. The third-order valence-electron chi connectivity index (χ3n) is 1.36. The van der Waals surface area contributed by atoms with Crippen LogP contribution in [0.15, 0.2) is 4.99 Å². The van der Waals surface area contributed by atoms with Crippen molar-refractivity contribution in [1.29, 1.82) is 0 Å². The van der Waals surface area contributed by atoms with Gasteiger partial charge in [-0.1, -0.05) is 18.5 Å². The molecule has 0 saturated heterocycles. The Kier molecular flexibility index (Phi) is 1.90. The average molecular weight is 132 g/mol. The molecule has 1 rings (SSSR count). The van der Waals surface area contributed by atoms with Crippen LogP contribution in [-0.4, -0.2) is 11.7 Å². The molecule has 1 aliphatic heterocycles. The largest absolute Gasteiger partial charge is 0.278 e. The molecule has 0 bridgehead atoms. The molecule has 0 saturated carbocycles. The van der Waals surface area contributed by atoms with Crippen molar-refractivity contribution >= 4 is 17.8 Å². The van der Waals surface area contributed by atoms with Crippen molar-refractivity contribution < 1.29 is 0 Å². The van der Waals surface area contributed by atoms with Gasteiger partial charge < -0.3 is 0 Å². The first-order valence-corrected chi connectivity index (χ1v) is 3.40. The van der Waals surface area contributed by atoms with Crippen molar-refractivity contribution in [2.24, 2.45) is 10.9 Å². The lowest BCUT2D eigenvalue weighted by molar-refractivity contribution is 0.597. The molecular weight excluding hydrogens is 122 g/mol. The highest BCUT2D eigenvalue weighted by Gasteiger charge is 2.09. The zero-order valence-corrected chi connectivity index (χ0v) is 5.73. The fraction of sp³-hybridized carbons (Fsp3) is 0.833. The van der Waals surface area contributed by atoms with E-state index >= 15 is 0 Å². The maximum absolute atomic E-state index is 5.68. The number of rotatable bonds is 0. The van der Waals surface area contributed by atoms with Gasteiger partial charge in [-0.25, -0.2) is 0 Å². The van der Waals surface area contributed by atoms with Crippen molar-refractivity contribution in [3.8, 4) is 0 Å². The molecule has 1 aliphatic rings. The minimum atomic E-state index is 0.0613. The summed E-state index contributed by atoms with van der Waals surface area (Å²) in [5.41, 5.74) is 0.0613. The molecule has 1 heterocycles. The molecule has 0 spiro atoms. The Hall–Kier alpha value is -0.0400. The summed E-state index contributed by atoms with van der Waals surface area (Å²) in [5, 5.41) is 0. The van der Waals surface area contributed by atoms with E-state index in [0.29, 0.717) is 5.92 Å². The first kappa shape index (κ1) is 6.09. The van der Waals surface area contributed by atoms with Crippen LogP contribution >= 0.6 is 11.6 Å². The molecule has 0 aromatic carbocycles. The van der Waals surface area contributed by atoms with E-state index in [1.165, 1.54) is 6.42 Å². The molecule has 0 aromatic rings. The second-order valence-corrected chi connectivity index (χ2v) is 2.79. The van der Waals surface area contributed by atoms with Gasteiger partial charge in [-0.2, -0.15) is 0 Å². The Morgan fingerprint density at radius 2 is 2.38 bits per heavy atom. The number of nitrogens with zero attached hydrogens (tertiary/aromatic N) is 1. The normalized spacial score (nSPS) is 37.8. The van der Waals surface area contributed by atoms with Gasteiger partial charge in [0.25, 0.3) is 0 Å². The quantitative estimate of drug-likeness (QED) is 0.353. The van der Waals surface area contributed by atoms with Crippen LogP contribution in [0.2, 0.25) is 0 Å². The molecule has 2 atom stereocenters. The van der Waals surface area contributed by atoms with Crippen LogP contribution in [0.25, 0.3) is 0 Å². The molecule has 8 heavy (non-hydrogen) atoms. The van der Waals surface area contributed by atoms with E-state index in [-0.39, 0.29) is 5.50 Å². The molecular formula is C6H10ClN. The maximum atomic E-state index is 5.68. The standard InChI is InChI=1S/C6H10ClN/c1-5-2-3-6(7)8-4-5/h4-6H,2-3H2,1H3/t5-,6?/m0/s1. The number of aliphatic imine (C=N–C) groups is 1. The Balaban J connectivity index is 2.42. The number of hydrogen-bond acceptors (Lipinski definition) is 1. The molecule has 0 radical (unpaired) electrons. The van der Waals surface area contributed by atoms with Gasteiger partial charge in [0.05, 0.1) is 0 Å². The first-order chi connectivity index (χ1) is 3.79. The summed E-state index contributed by atoms with van der Waals surface area (Å²) in [5.74, 6) is 0.644. The number of halogens is 1. The van der Waals surface area contributed by atoms with Gasteiger partial charge in [-0.05, 0) is 18.8 Å². The summed E-state index contributed by atoms with van der Waals surface area (Å²) in [6.45, 7) is 2.16. The van der Waals surface area contributed by atoms with E-state index in [4.69, 9.17) is 11.6 Å². The lowest BCUT2D eigenvalue weighted by atomic mass is 10.1. The lowest BCUT2D eigenvalue weighted by Crippen LogP contribution is -2.08. The minimum Gasteiger partial charge on any atom is -0.278 e. The predicted molar refractivity (Wildman–Crippen MR) is 36.5 cm³/mol. The molecule has 0 N–H and O–H groups in total. The van der Waals surface area contributed by atoms with Gasteiger partial charge in [0.2, 0.25) is 0 Å². The van der Waals surface area contributed by atoms with Gasteiger partial charge in [0, 0.05) is 6.21 Å². The van der Waals surface area contributed by atoms with Crippen molar-refractivity contribution in [3.05, 3.63) is 0 Å². The fourth-order valence-electron chi connectivity index (χ4n) is 0.790. The van der Waals surface area contributed by atoms with E-state index in [9.17, 15) is 0 Å². The predicted octanol–water partition coefficient (Wildman–Crippen LogP) is 2.05. The zero-order valence-electron chi connectivity index (χ0n) is 4.97. The van der Waals surface area contributed by atoms with Crippen molar-refractivity contribution in [2.75, 3.05) is 0 Å². The number of alkyl halides is 1. The van der Waals surface area contributed by atoms with Crippen molar-refractivity contribution in [2.45, 2.75) is 25.3 Å². The van der Waals surface area contributed by atoms with Gasteiger partial charge in [-0.3, -0.25) is 4.99 Å².